The van der Waals surface area contributed by atoms with Gasteiger partial charge in [-0.1, -0.05) is 13.8 Å². The van der Waals surface area contributed by atoms with Crippen molar-refractivity contribution >= 4 is 0 Å². The molecule has 1 rings (SSSR count). The van der Waals surface area contributed by atoms with E-state index in [0.29, 0.717) is 0 Å². The molecule has 0 aliphatic carbocycles. The number of aromatic nitrogens is 2. The Bertz CT molecular complexity index is 289. The van der Waals surface area contributed by atoms with E-state index < -0.39 is 0 Å². The van der Waals surface area contributed by atoms with Crippen molar-refractivity contribution in [3.05, 3.63) is 17.5 Å². The molecule has 0 fully saturated rings. The SMILES string of the molecule is CNCc1cnn(CCCC(C)C)c1C. The van der Waals surface area contributed by atoms with Crippen molar-refractivity contribution in [2.75, 3.05) is 7.05 Å². The van der Waals surface area contributed by atoms with Crippen LogP contribution in [0.4, 0.5) is 0 Å². The molecule has 0 aromatic carbocycles. The first-order valence-corrected chi connectivity index (χ1v) is 5.81. The fraction of sp³-hybridized carbons (Fsp3) is 0.750. The zero-order valence-electron chi connectivity index (χ0n) is 10.4. The van der Waals surface area contributed by atoms with Gasteiger partial charge in [0.2, 0.25) is 0 Å². The summed E-state index contributed by atoms with van der Waals surface area (Å²) in [5.41, 5.74) is 2.61. The Balaban J connectivity index is 2.47. The molecule has 1 N–H and O–H groups in total. The predicted molar refractivity (Wildman–Crippen MR) is 63.8 cm³/mol. The zero-order chi connectivity index (χ0) is 11.3. The Morgan fingerprint density at radius 1 is 1.47 bits per heavy atom. The molecule has 0 amide bonds. The summed E-state index contributed by atoms with van der Waals surface area (Å²) in [5, 5.41) is 7.57. The van der Waals surface area contributed by atoms with E-state index in [1.807, 2.05) is 13.2 Å². The molecule has 1 aromatic rings. The van der Waals surface area contributed by atoms with Gasteiger partial charge in [-0.2, -0.15) is 5.10 Å². The van der Waals surface area contributed by atoms with Gasteiger partial charge in [-0.05, 0) is 32.7 Å². The third-order valence-electron chi connectivity index (χ3n) is 2.72. The highest BCUT2D eigenvalue weighted by Crippen LogP contribution is 2.10. The van der Waals surface area contributed by atoms with E-state index in [9.17, 15) is 0 Å². The molecule has 1 aromatic heterocycles. The summed E-state index contributed by atoms with van der Waals surface area (Å²) in [5.74, 6) is 0.789. The predicted octanol–water partition coefficient (Wildman–Crippen LogP) is 2.35. The van der Waals surface area contributed by atoms with Crippen LogP contribution in [-0.2, 0) is 13.1 Å². The average molecular weight is 209 g/mol. The second-order valence-electron chi connectivity index (χ2n) is 4.54. The largest absolute Gasteiger partial charge is 0.316 e. The molecule has 0 aliphatic heterocycles. The van der Waals surface area contributed by atoms with Crippen molar-refractivity contribution in [3.8, 4) is 0 Å². The molecule has 3 heteroatoms. The minimum absolute atomic E-state index is 0.789. The highest BCUT2D eigenvalue weighted by molar-refractivity contribution is 5.15. The summed E-state index contributed by atoms with van der Waals surface area (Å²) >= 11 is 0. The highest BCUT2D eigenvalue weighted by atomic mass is 15.3. The Hall–Kier alpha value is -0.830. The summed E-state index contributed by atoms with van der Waals surface area (Å²) in [7, 11) is 1.97. The standard InChI is InChI=1S/C12H23N3/c1-10(2)6-5-7-15-11(3)12(8-13-4)9-14-15/h9-10,13H,5-8H2,1-4H3. The van der Waals surface area contributed by atoms with Gasteiger partial charge in [0.05, 0.1) is 6.20 Å². The van der Waals surface area contributed by atoms with Crippen molar-refractivity contribution in [2.24, 2.45) is 5.92 Å². The van der Waals surface area contributed by atoms with Crippen molar-refractivity contribution in [1.82, 2.24) is 15.1 Å². The minimum atomic E-state index is 0.789. The molecule has 0 saturated heterocycles. The van der Waals surface area contributed by atoms with Gasteiger partial charge in [-0.25, -0.2) is 0 Å². The lowest BCUT2D eigenvalue weighted by molar-refractivity contribution is 0.484. The van der Waals surface area contributed by atoms with Gasteiger partial charge in [-0.3, -0.25) is 4.68 Å². The summed E-state index contributed by atoms with van der Waals surface area (Å²) < 4.78 is 2.12. The lowest BCUT2D eigenvalue weighted by Gasteiger charge is -2.07. The van der Waals surface area contributed by atoms with Crippen LogP contribution in [0.3, 0.4) is 0 Å². The van der Waals surface area contributed by atoms with E-state index in [-0.39, 0.29) is 0 Å². The van der Waals surface area contributed by atoms with Crippen molar-refractivity contribution in [2.45, 2.75) is 46.7 Å². The molecular formula is C12H23N3. The number of aryl methyl sites for hydroxylation is 1. The van der Waals surface area contributed by atoms with Gasteiger partial charge in [0.25, 0.3) is 0 Å². The van der Waals surface area contributed by atoms with Crippen LogP contribution in [0.2, 0.25) is 0 Å². The topological polar surface area (TPSA) is 29.9 Å². The van der Waals surface area contributed by atoms with Gasteiger partial charge in [0.15, 0.2) is 0 Å². The van der Waals surface area contributed by atoms with Crippen molar-refractivity contribution < 1.29 is 0 Å². The number of nitrogens with one attached hydrogen (secondary N) is 1. The summed E-state index contributed by atoms with van der Waals surface area (Å²) in [6.45, 7) is 8.64. The molecule has 0 bridgehead atoms. The Morgan fingerprint density at radius 3 is 2.80 bits per heavy atom. The molecule has 1 heterocycles. The maximum absolute atomic E-state index is 4.41. The van der Waals surface area contributed by atoms with Crippen molar-refractivity contribution in [1.29, 1.82) is 0 Å². The normalized spacial score (nSPS) is 11.3. The number of nitrogens with zero attached hydrogens (tertiary/aromatic N) is 2. The van der Waals surface area contributed by atoms with E-state index in [0.717, 1.165) is 19.0 Å². The van der Waals surface area contributed by atoms with Crippen LogP contribution in [0.15, 0.2) is 6.20 Å². The minimum Gasteiger partial charge on any atom is -0.316 e. The fourth-order valence-corrected chi connectivity index (χ4v) is 1.72. The van der Waals surface area contributed by atoms with E-state index in [1.165, 1.54) is 24.1 Å². The summed E-state index contributed by atoms with van der Waals surface area (Å²) in [6, 6.07) is 0. The molecule has 86 valence electrons. The van der Waals surface area contributed by atoms with Crippen LogP contribution in [0.5, 0.6) is 0 Å². The molecule has 0 saturated carbocycles. The second kappa shape index (κ2) is 5.91. The lowest BCUT2D eigenvalue weighted by Crippen LogP contribution is -2.08. The van der Waals surface area contributed by atoms with E-state index in [4.69, 9.17) is 0 Å². The van der Waals surface area contributed by atoms with Crippen LogP contribution in [0, 0.1) is 12.8 Å². The monoisotopic (exact) mass is 209 g/mol. The van der Waals surface area contributed by atoms with Crippen LogP contribution in [-0.4, -0.2) is 16.8 Å². The molecular weight excluding hydrogens is 186 g/mol. The molecule has 0 atom stereocenters. The maximum atomic E-state index is 4.41. The van der Waals surface area contributed by atoms with Crippen LogP contribution >= 0.6 is 0 Å². The summed E-state index contributed by atoms with van der Waals surface area (Å²) in [6.07, 6.45) is 4.47. The van der Waals surface area contributed by atoms with Gasteiger partial charge in [-0.15, -0.1) is 0 Å². The van der Waals surface area contributed by atoms with Crippen LogP contribution < -0.4 is 5.32 Å². The van der Waals surface area contributed by atoms with E-state index >= 15 is 0 Å². The third kappa shape index (κ3) is 3.67. The van der Waals surface area contributed by atoms with Gasteiger partial charge in [0, 0.05) is 24.3 Å². The maximum Gasteiger partial charge on any atom is 0.0537 e. The fourth-order valence-electron chi connectivity index (χ4n) is 1.72. The average Bonchev–Trinajstić information content (AvgIpc) is 2.50. The lowest BCUT2D eigenvalue weighted by atomic mass is 10.1. The van der Waals surface area contributed by atoms with Crippen LogP contribution in [0.1, 0.15) is 37.9 Å². The smallest absolute Gasteiger partial charge is 0.0537 e. The number of hydrogen-bond acceptors (Lipinski definition) is 2. The summed E-state index contributed by atoms with van der Waals surface area (Å²) in [4.78, 5) is 0. The molecule has 0 aliphatic rings. The first-order chi connectivity index (χ1) is 7.15. The Morgan fingerprint density at radius 2 is 2.20 bits per heavy atom. The first kappa shape index (κ1) is 12.2. The highest BCUT2D eigenvalue weighted by Gasteiger charge is 2.05. The second-order valence-corrected chi connectivity index (χ2v) is 4.54. The third-order valence-corrected chi connectivity index (χ3v) is 2.72. The Kier molecular flexibility index (Phi) is 4.82. The quantitative estimate of drug-likeness (QED) is 0.779. The van der Waals surface area contributed by atoms with Gasteiger partial charge in [0.1, 0.15) is 0 Å². The van der Waals surface area contributed by atoms with Crippen molar-refractivity contribution in [3.63, 3.8) is 0 Å². The first-order valence-electron chi connectivity index (χ1n) is 5.81. The number of rotatable bonds is 6. The molecule has 0 spiro atoms. The van der Waals surface area contributed by atoms with Gasteiger partial charge >= 0.3 is 0 Å². The Labute approximate surface area is 92.9 Å². The van der Waals surface area contributed by atoms with E-state index in [2.05, 4.69) is 35.9 Å². The molecule has 0 radical (unpaired) electrons. The van der Waals surface area contributed by atoms with E-state index in [1.54, 1.807) is 0 Å². The number of hydrogen-bond donors (Lipinski definition) is 1. The molecule has 0 unspecified atom stereocenters. The zero-order valence-corrected chi connectivity index (χ0v) is 10.4. The molecule has 15 heavy (non-hydrogen) atoms. The van der Waals surface area contributed by atoms with Gasteiger partial charge < -0.3 is 5.32 Å². The van der Waals surface area contributed by atoms with Crippen LogP contribution in [0.25, 0.3) is 0 Å². The molecule has 3 nitrogen and oxygen atoms in total.